The van der Waals surface area contributed by atoms with E-state index in [1.54, 1.807) is 33.5 Å². The van der Waals surface area contributed by atoms with Crippen molar-refractivity contribution < 1.29 is 19.0 Å². The molecule has 0 aliphatic heterocycles. The van der Waals surface area contributed by atoms with Crippen LogP contribution in [0.3, 0.4) is 0 Å². The van der Waals surface area contributed by atoms with E-state index < -0.39 is 0 Å². The maximum atomic E-state index is 12.5. The highest BCUT2D eigenvalue weighted by Gasteiger charge is 2.15. The van der Waals surface area contributed by atoms with Gasteiger partial charge >= 0.3 is 0 Å². The first-order valence-corrected chi connectivity index (χ1v) is 10.1. The predicted molar refractivity (Wildman–Crippen MR) is 115 cm³/mol. The summed E-state index contributed by atoms with van der Waals surface area (Å²) in [7, 11) is 4.64. The Bertz CT molecular complexity index is 958. The fraction of sp³-hybridized carbons (Fsp3) is 0.273. The minimum absolute atomic E-state index is 0.164. The van der Waals surface area contributed by atoms with E-state index in [4.69, 9.17) is 14.2 Å². The van der Waals surface area contributed by atoms with Gasteiger partial charge in [0.2, 0.25) is 11.7 Å². The van der Waals surface area contributed by atoms with E-state index in [1.807, 2.05) is 5.38 Å². The molecule has 0 saturated heterocycles. The summed E-state index contributed by atoms with van der Waals surface area (Å²) in [6.07, 6.45) is 1.16. The number of thiazole rings is 1. The molecule has 0 spiro atoms. The summed E-state index contributed by atoms with van der Waals surface area (Å²) < 4.78 is 16.0. The molecule has 0 aliphatic rings. The summed E-state index contributed by atoms with van der Waals surface area (Å²) in [6, 6.07) is 11.8. The largest absolute Gasteiger partial charge is 0.493 e. The first-order valence-electron chi connectivity index (χ1n) is 9.21. The van der Waals surface area contributed by atoms with Crippen molar-refractivity contribution in [3.8, 4) is 28.5 Å². The Hall–Kier alpha value is -3.06. The Morgan fingerprint density at radius 3 is 2.21 bits per heavy atom. The minimum Gasteiger partial charge on any atom is -0.493 e. The van der Waals surface area contributed by atoms with Gasteiger partial charge in [-0.2, -0.15) is 0 Å². The third-order valence-electron chi connectivity index (χ3n) is 4.50. The quantitative estimate of drug-likeness (QED) is 0.586. The second-order valence-electron chi connectivity index (χ2n) is 6.35. The molecular formula is C22H24N2O4S. The van der Waals surface area contributed by atoms with Crippen molar-refractivity contribution in [3.05, 3.63) is 52.9 Å². The maximum absolute atomic E-state index is 12.5. The van der Waals surface area contributed by atoms with Crippen LogP contribution in [0.5, 0.6) is 17.2 Å². The lowest BCUT2D eigenvalue weighted by atomic mass is 10.1. The average Bonchev–Trinajstić information content (AvgIpc) is 3.21. The minimum atomic E-state index is -0.165. The van der Waals surface area contributed by atoms with Crippen LogP contribution in [-0.2, 0) is 17.6 Å². The first-order chi connectivity index (χ1) is 14.1. The Morgan fingerprint density at radius 1 is 1.00 bits per heavy atom. The normalized spacial score (nSPS) is 10.5. The van der Waals surface area contributed by atoms with Crippen LogP contribution < -0.4 is 19.5 Å². The van der Waals surface area contributed by atoms with E-state index >= 15 is 0 Å². The van der Waals surface area contributed by atoms with Crippen molar-refractivity contribution in [2.75, 3.05) is 26.6 Å². The summed E-state index contributed by atoms with van der Waals surface area (Å²) >= 11 is 1.40. The third-order valence-corrected chi connectivity index (χ3v) is 5.26. The number of hydrogen-bond donors (Lipinski definition) is 1. The van der Waals surface area contributed by atoms with Crippen LogP contribution in [-0.4, -0.2) is 32.2 Å². The number of anilines is 1. The summed E-state index contributed by atoms with van der Waals surface area (Å²) in [5.74, 6) is 1.36. The smallest absolute Gasteiger partial charge is 0.230 e. The molecule has 0 fully saturated rings. The molecule has 3 aromatic rings. The van der Waals surface area contributed by atoms with Crippen molar-refractivity contribution >= 4 is 22.4 Å². The third kappa shape index (κ3) is 4.86. The van der Waals surface area contributed by atoms with Gasteiger partial charge in [0.15, 0.2) is 16.6 Å². The van der Waals surface area contributed by atoms with Gasteiger partial charge in [0.25, 0.3) is 0 Å². The highest BCUT2D eigenvalue weighted by molar-refractivity contribution is 7.14. The lowest BCUT2D eigenvalue weighted by Crippen LogP contribution is -2.14. The van der Waals surface area contributed by atoms with Crippen LogP contribution in [0.2, 0.25) is 0 Å². The summed E-state index contributed by atoms with van der Waals surface area (Å²) in [5, 5.41) is 5.37. The number of nitrogens with zero attached hydrogens (tertiary/aromatic N) is 1. The van der Waals surface area contributed by atoms with Crippen LogP contribution in [0.1, 0.15) is 18.1 Å². The van der Waals surface area contributed by atoms with Gasteiger partial charge in [-0.3, -0.25) is 4.79 Å². The standard InChI is InChI=1S/C22H24N2O4S/c1-5-14-6-8-16(9-7-14)17-13-29-22(23-17)24-20(25)12-15-10-18(26-2)21(28-4)19(11-15)27-3/h6-11,13H,5,12H2,1-4H3,(H,23,24,25). The molecule has 1 heterocycles. The van der Waals surface area contributed by atoms with Crippen LogP contribution in [0, 0.1) is 0 Å². The van der Waals surface area contributed by atoms with Gasteiger partial charge in [-0.05, 0) is 29.7 Å². The summed E-state index contributed by atoms with van der Waals surface area (Å²) in [5.41, 5.74) is 3.91. The molecule has 0 atom stereocenters. The number of aromatic nitrogens is 1. The van der Waals surface area contributed by atoms with E-state index in [9.17, 15) is 4.79 Å². The van der Waals surface area contributed by atoms with Crippen LogP contribution in [0.25, 0.3) is 11.3 Å². The number of ether oxygens (including phenoxy) is 3. The van der Waals surface area contributed by atoms with Gasteiger partial charge in [0.1, 0.15) is 0 Å². The number of benzene rings is 2. The lowest BCUT2D eigenvalue weighted by Gasteiger charge is -2.13. The second kappa shape index (κ2) is 9.43. The highest BCUT2D eigenvalue weighted by atomic mass is 32.1. The molecule has 7 heteroatoms. The van der Waals surface area contributed by atoms with Gasteiger partial charge < -0.3 is 19.5 Å². The van der Waals surface area contributed by atoms with E-state index in [2.05, 4.69) is 41.5 Å². The first kappa shape index (κ1) is 20.7. The van der Waals surface area contributed by atoms with Crippen LogP contribution in [0.15, 0.2) is 41.8 Å². The fourth-order valence-corrected chi connectivity index (χ4v) is 3.70. The van der Waals surface area contributed by atoms with E-state index in [0.29, 0.717) is 22.4 Å². The second-order valence-corrected chi connectivity index (χ2v) is 7.21. The van der Waals surface area contributed by atoms with Crippen molar-refractivity contribution in [3.63, 3.8) is 0 Å². The molecule has 0 saturated carbocycles. The Kier molecular flexibility index (Phi) is 6.72. The number of carbonyl (C=O) groups excluding carboxylic acids is 1. The fourth-order valence-electron chi connectivity index (χ4n) is 2.96. The summed E-state index contributed by atoms with van der Waals surface area (Å²) in [6.45, 7) is 2.12. The van der Waals surface area contributed by atoms with Crippen molar-refractivity contribution in [1.29, 1.82) is 0 Å². The number of nitrogens with one attached hydrogen (secondary N) is 1. The van der Waals surface area contributed by atoms with E-state index in [1.165, 1.54) is 16.9 Å². The Labute approximate surface area is 174 Å². The number of rotatable bonds is 8. The molecular weight excluding hydrogens is 388 g/mol. The number of methoxy groups -OCH3 is 3. The topological polar surface area (TPSA) is 69.7 Å². The van der Waals surface area contributed by atoms with Crippen molar-refractivity contribution in [2.24, 2.45) is 0 Å². The molecule has 1 N–H and O–H groups in total. The molecule has 2 aromatic carbocycles. The number of aryl methyl sites for hydroxylation is 1. The van der Waals surface area contributed by atoms with Crippen molar-refractivity contribution in [1.82, 2.24) is 4.98 Å². The molecule has 6 nitrogen and oxygen atoms in total. The zero-order valence-electron chi connectivity index (χ0n) is 16.9. The van der Waals surface area contributed by atoms with Crippen molar-refractivity contribution in [2.45, 2.75) is 19.8 Å². The molecule has 152 valence electrons. The molecule has 0 bridgehead atoms. The number of hydrogen-bond acceptors (Lipinski definition) is 6. The monoisotopic (exact) mass is 412 g/mol. The zero-order valence-corrected chi connectivity index (χ0v) is 17.8. The Morgan fingerprint density at radius 2 is 1.66 bits per heavy atom. The summed E-state index contributed by atoms with van der Waals surface area (Å²) in [4.78, 5) is 17.0. The van der Waals surface area contributed by atoms with E-state index in [0.717, 1.165) is 23.2 Å². The molecule has 0 radical (unpaired) electrons. The van der Waals surface area contributed by atoms with Crippen LogP contribution >= 0.6 is 11.3 Å². The van der Waals surface area contributed by atoms with Gasteiger partial charge in [-0.1, -0.05) is 31.2 Å². The number of carbonyl (C=O) groups is 1. The molecule has 29 heavy (non-hydrogen) atoms. The molecule has 0 unspecified atom stereocenters. The molecule has 1 aromatic heterocycles. The number of amides is 1. The van der Waals surface area contributed by atoms with Gasteiger partial charge in [-0.15, -0.1) is 11.3 Å². The zero-order chi connectivity index (χ0) is 20.8. The average molecular weight is 413 g/mol. The van der Waals surface area contributed by atoms with Crippen LogP contribution in [0.4, 0.5) is 5.13 Å². The SMILES string of the molecule is CCc1ccc(-c2csc(NC(=O)Cc3cc(OC)c(OC)c(OC)c3)n2)cc1. The molecule has 1 amide bonds. The van der Waals surface area contributed by atoms with Gasteiger partial charge in [0, 0.05) is 10.9 Å². The highest BCUT2D eigenvalue weighted by Crippen LogP contribution is 2.38. The molecule has 3 rings (SSSR count). The molecule has 0 aliphatic carbocycles. The predicted octanol–water partition coefficient (Wildman–Crippen LogP) is 4.58. The van der Waals surface area contributed by atoms with Gasteiger partial charge in [-0.25, -0.2) is 4.98 Å². The Balaban J connectivity index is 1.70. The van der Waals surface area contributed by atoms with Gasteiger partial charge in [0.05, 0.1) is 33.4 Å². The maximum Gasteiger partial charge on any atom is 0.230 e. The lowest BCUT2D eigenvalue weighted by molar-refractivity contribution is -0.115. The van der Waals surface area contributed by atoms with E-state index in [-0.39, 0.29) is 12.3 Å².